The fraction of sp³-hybridized carbons (Fsp3) is 0.286. The molecule has 0 radical (unpaired) electrons. The number of nitrogens with zero attached hydrogens (tertiary/aromatic N) is 2. The summed E-state index contributed by atoms with van der Waals surface area (Å²) in [5, 5.41) is 0. The lowest BCUT2D eigenvalue weighted by atomic mass is 10.1. The van der Waals surface area contributed by atoms with E-state index in [1.54, 1.807) is 18.3 Å². The second-order valence-electron chi connectivity index (χ2n) is 4.64. The molecule has 0 bridgehead atoms. The van der Waals surface area contributed by atoms with Crippen LogP contribution in [0.5, 0.6) is 0 Å². The molecule has 0 saturated heterocycles. The van der Waals surface area contributed by atoms with Gasteiger partial charge in [-0.2, -0.15) is 0 Å². The summed E-state index contributed by atoms with van der Waals surface area (Å²) in [6, 6.07) is 4.79. The Bertz CT molecular complexity index is 629. The van der Waals surface area contributed by atoms with Crippen LogP contribution in [0.1, 0.15) is 30.0 Å². The highest BCUT2D eigenvalue weighted by atomic mass is 79.9. The zero-order valence-corrected chi connectivity index (χ0v) is 12.4. The standard InChI is InChI=1S/C14H11BrClFN2/c15-11-5-9(3-4-12(11)17)14-18-7-10(6-16)13(19-14)8-1-2-8/h3-5,7-8H,1-2,6H2. The number of alkyl halides is 1. The topological polar surface area (TPSA) is 25.8 Å². The summed E-state index contributed by atoms with van der Waals surface area (Å²) in [6.45, 7) is 0. The molecule has 1 saturated carbocycles. The number of aromatic nitrogens is 2. The zero-order chi connectivity index (χ0) is 13.4. The normalized spacial score (nSPS) is 14.7. The number of hydrogen-bond donors (Lipinski definition) is 0. The molecule has 1 aromatic heterocycles. The third-order valence-electron chi connectivity index (χ3n) is 3.18. The molecule has 1 aliphatic rings. The number of benzene rings is 1. The summed E-state index contributed by atoms with van der Waals surface area (Å²) in [4.78, 5) is 8.93. The Kier molecular flexibility index (Phi) is 3.54. The summed E-state index contributed by atoms with van der Waals surface area (Å²) in [7, 11) is 0. The van der Waals surface area contributed by atoms with Gasteiger partial charge in [-0.3, -0.25) is 0 Å². The third-order valence-corrected chi connectivity index (χ3v) is 4.08. The lowest BCUT2D eigenvalue weighted by molar-refractivity contribution is 0.621. The Morgan fingerprint density at radius 1 is 1.37 bits per heavy atom. The molecule has 98 valence electrons. The molecule has 0 aliphatic heterocycles. The molecule has 1 aromatic carbocycles. The minimum Gasteiger partial charge on any atom is -0.236 e. The molecule has 5 heteroatoms. The SMILES string of the molecule is Fc1ccc(-c2ncc(CCl)c(C3CC3)n2)cc1Br. The zero-order valence-electron chi connectivity index (χ0n) is 10.0. The van der Waals surface area contributed by atoms with E-state index in [4.69, 9.17) is 11.6 Å². The van der Waals surface area contributed by atoms with Gasteiger partial charge in [0.2, 0.25) is 0 Å². The fourth-order valence-corrected chi connectivity index (χ4v) is 2.59. The molecule has 19 heavy (non-hydrogen) atoms. The van der Waals surface area contributed by atoms with Crippen molar-refractivity contribution in [3.05, 3.63) is 45.9 Å². The van der Waals surface area contributed by atoms with Gasteiger partial charge in [0.05, 0.1) is 16.0 Å². The monoisotopic (exact) mass is 340 g/mol. The molecule has 0 unspecified atom stereocenters. The van der Waals surface area contributed by atoms with Gasteiger partial charge in [-0.1, -0.05) is 0 Å². The minimum absolute atomic E-state index is 0.288. The lowest BCUT2D eigenvalue weighted by Crippen LogP contribution is -1.99. The fourth-order valence-electron chi connectivity index (χ4n) is 2.01. The van der Waals surface area contributed by atoms with Crippen LogP contribution in [0.25, 0.3) is 11.4 Å². The minimum atomic E-state index is -0.288. The first kappa shape index (κ1) is 13.0. The van der Waals surface area contributed by atoms with Gasteiger partial charge in [0.25, 0.3) is 0 Å². The van der Waals surface area contributed by atoms with Crippen molar-refractivity contribution in [2.75, 3.05) is 0 Å². The van der Waals surface area contributed by atoms with E-state index in [1.807, 2.05) is 0 Å². The van der Waals surface area contributed by atoms with Crippen molar-refractivity contribution in [1.82, 2.24) is 9.97 Å². The quantitative estimate of drug-likeness (QED) is 0.759. The van der Waals surface area contributed by atoms with Crippen LogP contribution in [0.15, 0.2) is 28.9 Å². The highest BCUT2D eigenvalue weighted by molar-refractivity contribution is 9.10. The van der Waals surface area contributed by atoms with Gasteiger partial charge in [-0.15, -0.1) is 11.6 Å². The smallest absolute Gasteiger partial charge is 0.159 e. The molecule has 2 nitrogen and oxygen atoms in total. The van der Waals surface area contributed by atoms with E-state index in [2.05, 4.69) is 25.9 Å². The van der Waals surface area contributed by atoms with Gasteiger partial charge in [0.1, 0.15) is 5.82 Å². The van der Waals surface area contributed by atoms with Gasteiger partial charge in [-0.25, -0.2) is 14.4 Å². The van der Waals surface area contributed by atoms with E-state index >= 15 is 0 Å². The predicted molar refractivity (Wildman–Crippen MR) is 76.7 cm³/mol. The Morgan fingerprint density at radius 3 is 2.79 bits per heavy atom. The molecule has 3 rings (SSSR count). The van der Waals surface area contributed by atoms with Crippen LogP contribution >= 0.6 is 27.5 Å². The van der Waals surface area contributed by atoms with Crippen LogP contribution in [0.4, 0.5) is 4.39 Å². The van der Waals surface area contributed by atoms with E-state index in [0.717, 1.165) is 29.7 Å². The first-order valence-corrected chi connectivity index (χ1v) is 7.39. The van der Waals surface area contributed by atoms with Crippen LogP contribution in [0.2, 0.25) is 0 Å². The Balaban J connectivity index is 2.04. The third kappa shape index (κ3) is 2.65. The van der Waals surface area contributed by atoms with E-state index in [1.165, 1.54) is 6.07 Å². The predicted octanol–water partition coefficient (Wildman–Crippen LogP) is 4.66. The first-order valence-electron chi connectivity index (χ1n) is 6.06. The molecular weight excluding hydrogens is 331 g/mol. The van der Waals surface area contributed by atoms with E-state index in [0.29, 0.717) is 22.1 Å². The molecule has 0 atom stereocenters. The molecule has 1 heterocycles. The van der Waals surface area contributed by atoms with Crippen molar-refractivity contribution < 1.29 is 4.39 Å². The van der Waals surface area contributed by atoms with E-state index in [9.17, 15) is 4.39 Å². The first-order chi connectivity index (χ1) is 9.19. The largest absolute Gasteiger partial charge is 0.236 e. The average Bonchev–Trinajstić information content (AvgIpc) is 3.25. The van der Waals surface area contributed by atoms with Crippen LogP contribution < -0.4 is 0 Å². The Hall–Kier alpha value is -1.00. The van der Waals surface area contributed by atoms with Gasteiger partial charge in [0.15, 0.2) is 5.82 Å². The summed E-state index contributed by atoms with van der Waals surface area (Å²) in [5.41, 5.74) is 2.84. The van der Waals surface area contributed by atoms with Crippen molar-refractivity contribution in [2.24, 2.45) is 0 Å². The maximum absolute atomic E-state index is 13.2. The van der Waals surface area contributed by atoms with Gasteiger partial charge >= 0.3 is 0 Å². The second kappa shape index (κ2) is 5.17. The molecule has 2 aromatic rings. The van der Waals surface area contributed by atoms with Crippen molar-refractivity contribution in [2.45, 2.75) is 24.6 Å². The van der Waals surface area contributed by atoms with Crippen LogP contribution in [0, 0.1) is 5.82 Å². The lowest BCUT2D eigenvalue weighted by Gasteiger charge is -2.08. The molecule has 0 N–H and O–H groups in total. The number of hydrogen-bond acceptors (Lipinski definition) is 2. The summed E-state index contributed by atoms with van der Waals surface area (Å²) < 4.78 is 13.7. The number of halogens is 3. The van der Waals surface area contributed by atoms with E-state index < -0.39 is 0 Å². The highest BCUT2D eigenvalue weighted by Crippen LogP contribution is 2.41. The summed E-state index contributed by atoms with van der Waals surface area (Å²) in [6.07, 6.45) is 4.10. The maximum atomic E-state index is 13.2. The van der Waals surface area contributed by atoms with Crippen molar-refractivity contribution >= 4 is 27.5 Å². The number of rotatable bonds is 3. The summed E-state index contributed by atoms with van der Waals surface area (Å²) >= 11 is 9.09. The van der Waals surface area contributed by atoms with Crippen LogP contribution in [0.3, 0.4) is 0 Å². The molecular formula is C14H11BrClFN2. The Labute approximate surface area is 124 Å². The van der Waals surface area contributed by atoms with Gasteiger partial charge in [0, 0.05) is 23.2 Å². The van der Waals surface area contributed by atoms with Crippen LogP contribution in [-0.4, -0.2) is 9.97 Å². The van der Waals surface area contributed by atoms with Crippen molar-refractivity contribution in [3.8, 4) is 11.4 Å². The highest BCUT2D eigenvalue weighted by Gasteiger charge is 2.28. The molecule has 0 spiro atoms. The average molecular weight is 342 g/mol. The van der Waals surface area contributed by atoms with Gasteiger partial charge in [-0.05, 0) is 47.0 Å². The van der Waals surface area contributed by atoms with E-state index in [-0.39, 0.29) is 5.82 Å². The van der Waals surface area contributed by atoms with Crippen molar-refractivity contribution in [1.29, 1.82) is 0 Å². The van der Waals surface area contributed by atoms with Gasteiger partial charge < -0.3 is 0 Å². The molecule has 1 aliphatic carbocycles. The summed E-state index contributed by atoms with van der Waals surface area (Å²) in [5.74, 6) is 1.28. The molecule has 1 fully saturated rings. The Morgan fingerprint density at radius 2 is 2.16 bits per heavy atom. The van der Waals surface area contributed by atoms with Crippen molar-refractivity contribution in [3.63, 3.8) is 0 Å². The maximum Gasteiger partial charge on any atom is 0.159 e. The second-order valence-corrected chi connectivity index (χ2v) is 5.76. The molecule has 0 amide bonds. The van der Waals surface area contributed by atoms with Crippen LogP contribution in [-0.2, 0) is 5.88 Å².